The Labute approximate surface area is 132 Å². The number of sulfonamides is 1. The SMILES string of the molecule is Cc1ccc(C(N)=S)cc1S(=O)(=O)N1CC(C)CCC1C. The van der Waals surface area contributed by atoms with Crippen LogP contribution in [0.2, 0.25) is 0 Å². The van der Waals surface area contributed by atoms with Crippen LogP contribution in [-0.2, 0) is 10.0 Å². The molecule has 2 rings (SSSR count). The van der Waals surface area contributed by atoms with Gasteiger partial charge in [0.1, 0.15) is 4.99 Å². The van der Waals surface area contributed by atoms with Crippen LogP contribution in [0.15, 0.2) is 23.1 Å². The molecule has 0 aliphatic carbocycles. The smallest absolute Gasteiger partial charge is 0.243 e. The minimum atomic E-state index is -3.51. The van der Waals surface area contributed by atoms with Crippen molar-refractivity contribution >= 4 is 27.2 Å². The summed E-state index contributed by atoms with van der Waals surface area (Å²) in [4.78, 5) is 0.528. The van der Waals surface area contributed by atoms with Crippen LogP contribution in [0, 0.1) is 12.8 Å². The van der Waals surface area contributed by atoms with Crippen LogP contribution < -0.4 is 5.73 Å². The molecular formula is C15H22N2O2S2. The van der Waals surface area contributed by atoms with Gasteiger partial charge < -0.3 is 5.73 Å². The molecule has 1 saturated heterocycles. The van der Waals surface area contributed by atoms with Gasteiger partial charge in [-0.1, -0.05) is 31.3 Å². The van der Waals surface area contributed by atoms with Gasteiger partial charge in [0.15, 0.2) is 0 Å². The number of piperidine rings is 1. The molecule has 6 heteroatoms. The van der Waals surface area contributed by atoms with Crippen LogP contribution in [-0.4, -0.2) is 30.3 Å². The highest BCUT2D eigenvalue weighted by atomic mass is 32.2. The molecule has 1 aliphatic rings. The van der Waals surface area contributed by atoms with E-state index in [0.717, 1.165) is 18.4 Å². The largest absolute Gasteiger partial charge is 0.389 e. The molecule has 2 N–H and O–H groups in total. The van der Waals surface area contributed by atoms with Crippen molar-refractivity contribution in [2.75, 3.05) is 6.54 Å². The first-order chi connectivity index (χ1) is 9.73. The summed E-state index contributed by atoms with van der Waals surface area (Å²) in [6.07, 6.45) is 1.97. The van der Waals surface area contributed by atoms with Gasteiger partial charge >= 0.3 is 0 Å². The molecule has 1 fully saturated rings. The quantitative estimate of drug-likeness (QED) is 0.867. The van der Waals surface area contributed by atoms with E-state index in [0.29, 0.717) is 22.9 Å². The lowest BCUT2D eigenvalue weighted by atomic mass is 9.97. The van der Waals surface area contributed by atoms with Gasteiger partial charge in [0.25, 0.3) is 0 Å². The molecule has 21 heavy (non-hydrogen) atoms. The Kier molecular flexibility index (Phi) is 4.70. The molecule has 0 radical (unpaired) electrons. The number of hydrogen-bond donors (Lipinski definition) is 1. The Balaban J connectivity index is 2.48. The van der Waals surface area contributed by atoms with Gasteiger partial charge in [0.05, 0.1) is 4.90 Å². The minimum Gasteiger partial charge on any atom is -0.389 e. The summed E-state index contributed by atoms with van der Waals surface area (Å²) in [5, 5.41) is 0. The van der Waals surface area contributed by atoms with Crippen molar-refractivity contribution in [3.05, 3.63) is 29.3 Å². The maximum atomic E-state index is 13.0. The van der Waals surface area contributed by atoms with E-state index in [4.69, 9.17) is 18.0 Å². The molecule has 1 heterocycles. The third kappa shape index (κ3) is 3.27. The van der Waals surface area contributed by atoms with Crippen LogP contribution in [0.3, 0.4) is 0 Å². The lowest BCUT2D eigenvalue weighted by molar-refractivity contribution is 0.218. The van der Waals surface area contributed by atoms with Gasteiger partial charge in [0, 0.05) is 18.2 Å². The standard InChI is InChI=1S/C15H22N2O2S2/c1-10-4-6-12(3)17(9-10)21(18,19)14-8-13(15(16)20)7-5-11(14)2/h5,7-8,10,12H,4,6,9H2,1-3H3,(H2,16,20). The number of benzene rings is 1. The van der Waals surface area contributed by atoms with E-state index in [2.05, 4.69) is 6.92 Å². The van der Waals surface area contributed by atoms with Crippen LogP contribution >= 0.6 is 12.2 Å². The molecule has 2 unspecified atom stereocenters. The fourth-order valence-corrected chi connectivity index (χ4v) is 4.90. The van der Waals surface area contributed by atoms with Crippen LogP contribution in [0.4, 0.5) is 0 Å². The molecule has 1 aromatic carbocycles. The van der Waals surface area contributed by atoms with Crippen LogP contribution in [0.1, 0.15) is 37.8 Å². The summed E-state index contributed by atoms with van der Waals surface area (Å²) < 4.78 is 27.6. The van der Waals surface area contributed by atoms with Crippen molar-refractivity contribution in [2.45, 2.75) is 44.6 Å². The van der Waals surface area contributed by atoms with Gasteiger partial charge in [-0.05, 0) is 44.2 Å². The fraction of sp³-hybridized carbons (Fsp3) is 0.533. The molecule has 0 bridgehead atoms. The number of nitrogens with two attached hydrogens (primary N) is 1. The lowest BCUT2D eigenvalue weighted by Crippen LogP contribution is -2.45. The zero-order chi connectivity index (χ0) is 15.8. The number of aryl methyl sites for hydroxylation is 1. The third-order valence-corrected chi connectivity index (χ3v) is 6.48. The molecule has 1 aliphatic heterocycles. The minimum absolute atomic E-state index is 0.0269. The van der Waals surface area contributed by atoms with Crippen molar-refractivity contribution in [1.29, 1.82) is 0 Å². The lowest BCUT2D eigenvalue weighted by Gasteiger charge is -2.36. The maximum Gasteiger partial charge on any atom is 0.243 e. The van der Waals surface area contributed by atoms with Crippen LogP contribution in [0.25, 0.3) is 0 Å². The normalized spacial score (nSPS) is 24.0. The van der Waals surface area contributed by atoms with Crippen molar-refractivity contribution in [3.63, 3.8) is 0 Å². The average Bonchev–Trinajstić information content (AvgIpc) is 2.41. The second-order valence-corrected chi connectivity index (χ2v) is 8.25. The van der Waals surface area contributed by atoms with E-state index in [-0.39, 0.29) is 11.0 Å². The summed E-state index contributed by atoms with van der Waals surface area (Å²) in [6.45, 7) is 6.43. The second kappa shape index (κ2) is 6.02. The average molecular weight is 326 g/mol. The first kappa shape index (κ1) is 16.4. The molecule has 0 amide bonds. The van der Waals surface area contributed by atoms with Gasteiger partial charge in [-0.3, -0.25) is 0 Å². The number of nitrogens with zero attached hydrogens (tertiary/aromatic N) is 1. The number of thiocarbonyl (C=S) groups is 1. The molecule has 4 nitrogen and oxygen atoms in total. The summed E-state index contributed by atoms with van der Waals surface area (Å²) in [7, 11) is -3.51. The zero-order valence-electron chi connectivity index (χ0n) is 12.7. The summed E-state index contributed by atoms with van der Waals surface area (Å²) >= 11 is 4.96. The Morgan fingerprint density at radius 1 is 1.33 bits per heavy atom. The highest BCUT2D eigenvalue weighted by molar-refractivity contribution is 7.89. The molecule has 116 valence electrons. The fourth-order valence-electron chi connectivity index (χ4n) is 2.74. The van der Waals surface area contributed by atoms with E-state index in [1.54, 1.807) is 29.4 Å². The van der Waals surface area contributed by atoms with Gasteiger partial charge in [-0.25, -0.2) is 8.42 Å². The van der Waals surface area contributed by atoms with E-state index in [1.165, 1.54) is 0 Å². The maximum absolute atomic E-state index is 13.0. The van der Waals surface area contributed by atoms with Crippen molar-refractivity contribution in [2.24, 2.45) is 11.7 Å². The predicted octanol–water partition coefficient (Wildman–Crippen LogP) is 2.44. The Morgan fingerprint density at radius 2 is 2.00 bits per heavy atom. The number of hydrogen-bond acceptors (Lipinski definition) is 3. The Morgan fingerprint density at radius 3 is 2.62 bits per heavy atom. The van der Waals surface area contributed by atoms with Gasteiger partial charge in [0.2, 0.25) is 10.0 Å². The Hall–Kier alpha value is -0.980. The van der Waals surface area contributed by atoms with Crippen molar-refractivity contribution < 1.29 is 8.42 Å². The van der Waals surface area contributed by atoms with E-state index < -0.39 is 10.0 Å². The monoisotopic (exact) mass is 326 g/mol. The molecule has 0 spiro atoms. The van der Waals surface area contributed by atoms with Gasteiger partial charge in [-0.2, -0.15) is 4.31 Å². The topological polar surface area (TPSA) is 63.4 Å². The van der Waals surface area contributed by atoms with Crippen molar-refractivity contribution in [1.82, 2.24) is 4.31 Å². The van der Waals surface area contributed by atoms with E-state index >= 15 is 0 Å². The van der Waals surface area contributed by atoms with E-state index in [1.807, 2.05) is 6.92 Å². The number of rotatable bonds is 3. The van der Waals surface area contributed by atoms with Crippen LogP contribution in [0.5, 0.6) is 0 Å². The highest BCUT2D eigenvalue weighted by Gasteiger charge is 2.34. The summed E-state index contributed by atoms with van der Waals surface area (Å²) in [5.41, 5.74) is 6.94. The zero-order valence-corrected chi connectivity index (χ0v) is 14.3. The molecule has 0 aromatic heterocycles. The molecular weight excluding hydrogens is 304 g/mol. The van der Waals surface area contributed by atoms with E-state index in [9.17, 15) is 8.42 Å². The summed E-state index contributed by atoms with van der Waals surface area (Å²) in [5.74, 6) is 0.384. The predicted molar refractivity (Wildman–Crippen MR) is 88.8 cm³/mol. The Bertz CT molecular complexity index is 656. The first-order valence-electron chi connectivity index (χ1n) is 7.15. The molecule has 1 aromatic rings. The van der Waals surface area contributed by atoms with Gasteiger partial charge in [-0.15, -0.1) is 0 Å². The van der Waals surface area contributed by atoms with Crippen molar-refractivity contribution in [3.8, 4) is 0 Å². The molecule has 2 atom stereocenters. The molecule has 0 saturated carbocycles. The summed E-state index contributed by atoms with van der Waals surface area (Å²) in [6, 6.07) is 5.15. The second-order valence-electron chi connectivity index (χ2n) is 5.95. The first-order valence-corrected chi connectivity index (χ1v) is 9.00. The highest BCUT2D eigenvalue weighted by Crippen LogP contribution is 2.29. The third-order valence-electron chi connectivity index (χ3n) is 4.12.